The molecule has 30 heavy (non-hydrogen) atoms. The van der Waals surface area contributed by atoms with Crippen molar-refractivity contribution in [1.82, 2.24) is 4.98 Å². The third kappa shape index (κ3) is 4.66. The standard InChI is InChI=1S/C20H12F3N3O3S/c21-20(22,23)29-14-6-3-5-13(11-14)25-18-15(17(27)26-19-24-8-9-30-19)10-12-4-1-2-7-16(12)28-18/h1-11H,(H,24,26,27). The van der Waals surface area contributed by atoms with E-state index >= 15 is 0 Å². The highest BCUT2D eigenvalue weighted by atomic mass is 32.1. The van der Waals surface area contributed by atoms with Crippen molar-refractivity contribution in [2.24, 2.45) is 4.99 Å². The van der Waals surface area contributed by atoms with Crippen molar-refractivity contribution in [1.29, 1.82) is 0 Å². The number of carbonyl (C=O) groups is 1. The van der Waals surface area contributed by atoms with E-state index in [-0.39, 0.29) is 16.8 Å². The maximum Gasteiger partial charge on any atom is 0.573 e. The molecule has 2 aromatic carbocycles. The Kier molecular flexibility index (Phi) is 5.23. The van der Waals surface area contributed by atoms with Gasteiger partial charge in [0.15, 0.2) is 5.13 Å². The number of halogens is 3. The second-order valence-corrected chi connectivity index (χ2v) is 6.85. The van der Waals surface area contributed by atoms with Crippen molar-refractivity contribution < 1.29 is 27.1 Å². The Bertz CT molecular complexity index is 1270. The summed E-state index contributed by atoms with van der Waals surface area (Å²) in [5.74, 6) is -0.945. The number of alkyl halides is 3. The lowest BCUT2D eigenvalue weighted by atomic mass is 10.2. The van der Waals surface area contributed by atoms with Crippen LogP contribution in [-0.4, -0.2) is 17.3 Å². The minimum Gasteiger partial charge on any atom is -0.438 e. The van der Waals surface area contributed by atoms with E-state index in [1.165, 1.54) is 23.5 Å². The lowest BCUT2D eigenvalue weighted by Gasteiger charge is -2.09. The van der Waals surface area contributed by atoms with E-state index in [9.17, 15) is 18.0 Å². The number of amides is 1. The van der Waals surface area contributed by atoms with E-state index in [1.54, 1.807) is 41.9 Å². The first-order valence-electron chi connectivity index (χ1n) is 8.52. The molecule has 0 fully saturated rings. The maximum atomic E-state index is 12.8. The van der Waals surface area contributed by atoms with Gasteiger partial charge in [0.1, 0.15) is 16.9 Å². The van der Waals surface area contributed by atoms with Gasteiger partial charge >= 0.3 is 6.36 Å². The van der Waals surface area contributed by atoms with Crippen molar-refractivity contribution in [3.05, 3.63) is 77.3 Å². The molecule has 152 valence electrons. The molecule has 1 N–H and O–H groups in total. The largest absolute Gasteiger partial charge is 0.573 e. The molecule has 0 atom stereocenters. The molecule has 0 saturated carbocycles. The molecule has 0 aliphatic rings. The Hall–Kier alpha value is -3.66. The first kappa shape index (κ1) is 19.6. The quantitative estimate of drug-likeness (QED) is 0.477. The molecular formula is C20H12F3N3O3S. The van der Waals surface area contributed by atoms with E-state index in [1.807, 2.05) is 0 Å². The van der Waals surface area contributed by atoms with E-state index in [2.05, 4.69) is 20.0 Å². The molecule has 4 rings (SSSR count). The lowest BCUT2D eigenvalue weighted by Crippen LogP contribution is -2.21. The Balaban J connectivity index is 1.80. The molecule has 0 saturated heterocycles. The fraction of sp³-hybridized carbons (Fsp3) is 0.0500. The number of hydrogen-bond donors (Lipinski definition) is 1. The average molecular weight is 431 g/mol. The maximum absolute atomic E-state index is 12.8. The van der Waals surface area contributed by atoms with Crippen LogP contribution in [0.3, 0.4) is 0 Å². The molecule has 2 aromatic heterocycles. The summed E-state index contributed by atoms with van der Waals surface area (Å²) in [6.07, 6.45) is -3.28. The van der Waals surface area contributed by atoms with Crippen LogP contribution >= 0.6 is 11.3 Å². The Morgan fingerprint density at radius 3 is 2.73 bits per heavy atom. The Labute approximate surface area is 171 Å². The van der Waals surface area contributed by atoms with Crippen LogP contribution in [0.5, 0.6) is 5.75 Å². The highest BCUT2D eigenvalue weighted by Gasteiger charge is 2.31. The van der Waals surface area contributed by atoms with Gasteiger partial charge in [-0.1, -0.05) is 24.3 Å². The van der Waals surface area contributed by atoms with Gasteiger partial charge in [0.25, 0.3) is 5.91 Å². The normalized spacial score (nSPS) is 12.2. The molecule has 2 heterocycles. The molecule has 6 nitrogen and oxygen atoms in total. The molecule has 0 radical (unpaired) electrons. The van der Waals surface area contributed by atoms with E-state index in [0.29, 0.717) is 16.1 Å². The average Bonchev–Trinajstić information content (AvgIpc) is 3.19. The Morgan fingerprint density at radius 1 is 1.13 bits per heavy atom. The molecule has 0 aliphatic carbocycles. The van der Waals surface area contributed by atoms with Crippen molar-refractivity contribution in [3.63, 3.8) is 0 Å². The number of hydrogen-bond acceptors (Lipinski definition) is 6. The second-order valence-electron chi connectivity index (χ2n) is 5.95. The summed E-state index contributed by atoms with van der Waals surface area (Å²) in [6.45, 7) is 0. The lowest BCUT2D eigenvalue weighted by molar-refractivity contribution is -0.274. The first-order chi connectivity index (χ1) is 14.4. The Morgan fingerprint density at radius 2 is 1.97 bits per heavy atom. The number of fused-ring (bicyclic) bond motifs is 1. The number of para-hydroxylation sites is 1. The van der Waals surface area contributed by atoms with Crippen LogP contribution in [0, 0.1) is 0 Å². The summed E-state index contributed by atoms with van der Waals surface area (Å²) in [5, 5.41) is 5.40. The number of thiazole rings is 1. The minimum absolute atomic E-state index is 0.0630. The van der Waals surface area contributed by atoms with Crippen LogP contribution in [0.2, 0.25) is 0 Å². The van der Waals surface area contributed by atoms with Crippen LogP contribution in [0.1, 0.15) is 10.4 Å². The van der Waals surface area contributed by atoms with E-state index in [0.717, 1.165) is 12.1 Å². The number of nitrogens with one attached hydrogen (secondary N) is 1. The van der Waals surface area contributed by atoms with Crippen LogP contribution in [-0.2, 0) is 0 Å². The SMILES string of the molecule is O=C(Nc1nccs1)c1cc2ccccc2oc1=Nc1cccc(OC(F)(F)F)c1. The van der Waals surface area contributed by atoms with Gasteiger partial charge in [-0.25, -0.2) is 9.98 Å². The molecule has 1 amide bonds. The van der Waals surface area contributed by atoms with Crippen molar-refractivity contribution in [3.8, 4) is 5.75 Å². The summed E-state index contributed by atoms with van der Waals surface area (Å²) >= 11 is 1.24. The first-order valence-corrected chi connectivity index (χ1v) is 9.40. The molecule has 0 spiro atoms. The van der Waals surface area contributed by atoms with Gasteiger partial charge in [0.05, 0.1) is 5.69 Å². The van der Waals surface area contributed by atoms with Gasteiger partial charge in [-0.15, -0.1) is 24.5 Å². The number of rotatable bonds is 4. The second kappa shape index (κ2) is 7.99. The third-order valence-electron chi connectivity index (χ3n) is 3.84. The predicted molar refractivity (Wildman–Crippen MR) is 105 cm³/mol. The zero-order valence-electron chi connectivity index (χ0n) is 15.0. The summed E-state index contributed by atoms with van der Waals surface area (Å²) in [4.78, 5) is 21.0. The highest BCUT2D eigenvalue weighted by molar-refractivity contribution is 7.13. The van der Waals surface area contributed by atoms with Gasteiger partial charge in [-0.2, -0.15) is 0 Å². The number of carbonyl (C=O) groups excluding carboxylic acids is 1. The number of nitrogens with zero attached hydrogens (tertiary/aromatic N) is 2. The molecular weight excluding hydrogens is 419 g/mol. The zero-order valence-corrected chi connectivity index (χ0v) is 15.8. The fourth-order valence-electron chi connectivity index (χ4n) is 2.63. The molecule has 4 aromatic rings. The highest BCUT2D eigenvalue weighted by Crippen LogP contribution is 2.26. The van der Waals surface area contributed by atoms with Gasteiger partial charge in [0.2, 0.25) is 5.55 Å². The summed E-state index contributed by atoms with van der Waals surface area (Å²) in [7, 11) is 0. The predicted octanol–water partition coefficient (Wildman–Crippen LogP) is 5.27. The van der Waals surface area contributed by atoms with Crippen LogP contribution in [0.15, 0.2) is 75.6 Å². The third-order valence-corrected chi connectivity index (χ3v) is 4.52. The van der Waals surface area contributed by atoms with Gasteiger partial charge in [-0.3, -0.25) is 10.1 Å². The van der Waals surface area contributed by atoms with Crippen LogP contribution in [0.4, 0.5) is 24.0 Å². The summed E-state index contributed by atoms with van der Waals surface area (Å²) < 4.78 is 47.2. The number of ether oxygens (including phenoxy) is 1. The van der Waals surface area contributed by atoms with E-state index in [4.69, 9.17) is 4.42 Å². The number of benzene rings is 2. The number of aromatic nitrogens is 1. The molecule has 10 heteroatoms. The smallest absolute Gasteiger partial charge is 0.438 e. The zero-order chi connectivity index (χ0) is 21.1. The van der Waals surface area contributed by atoms with E-state index < -0.39 is 18.0 Å². The van der Waals surface area contributed by atoms with Gasteiger partial charge in [0, 0.05) is 23.0 Å². The minimum atomic E-state index is -4.83. The van der Waals surface area contributed by atoms with Crippen LogP contribution in [0.25, 0.3) is 11.0 Å². The van der Waals surface area contributed by atoms with Gasteiger partial charge in [-0.05, 0) is 24.3 Å². The van der Waals surface area contributed by atoms with Crippen molar-refractivity contribution in [2.75, 3.05) is 5.32 Å². The van der Waals surface area contributed by atoms with Crippen molar-refractivity contribution >= 4 is 39.0 Å². The summed E-state index contributed by atoms with van der Waals surface area (Å²) in [6, 6.07) is 13.7. The monoisotopic (exact) mass is 431 g/mol. The van der Waals surface area contributed by atoms with Gasteiger partial charge < -0.3 is 9.15 Å². The number of anilines is 1. The topological polar surface area (TPSA) is 76.7 Å². The molecule has 0 unspecified atom stereocenters. The van der Waals surface area contributed by atoms with Crippen LogP contribution < -0.4 is 15.6 Å². The fourth-order valence-corrected chi connectivity index (χ4v) is 3.16. The van der Waals surface area contributed by atoms with Crippen molar-refractivity contribution in [2.45, 2.75) is 6.36 Å². The molecule has 0 bridgehead atoms. The molecule has 0 aliphatic heterocycles. The summed E-state index contributed by atoms with van der Waals surface area (Å²) in [5.41, 5.74) is 0.627.